The van der Waals surface area contributed by atoms with Crippen LogP contribution in [0.4, 0.5) is 15.8 Å². The zero-order chi connectivity index (χ0) is 13.0. The molecule has 0 spiro atoms. The van der Waals surface area contributed by atoms with Crippen LogP contribution in [0.1, 0.15) is 20.3 Å². The lowest BCUT2D eigenvalue weighted by atomic mass is 10.0. The molecule has 1 aromatic rings. The lowest BCUT2D eigenvalue weighted by Gasteiger charge is -2.20. The molecule has 3 nitrogen and oxygen atoms in total. The second-order valence-electron chi connectivity index (χ2n) is 4.51. The Morgan fingerprint density at radius 3 is 2.65 bits per heavy atom. The number of nitrogens with one attached hydrogen (secondary N) is 1. The molecule has 0 fully saturated rings. The summed E-state index contributed by atoms with van der Waals surface area (Å²) < 4.78 is 13.1. The van der Waals surface area contributed by atoms with E-state index in [0.29, 0.717) is 11.6 Å². The lowest BCUT2D eigenvalue weighted by Crippen LogP contribution is -2.26. The van der Waals surface area contributed by atoms with Gasteiger partial charge in [0.05, 0.1) is 23.0 Å². The molecule has 1 rings (SSSR count). The van der Waals surface area contributed by atoms with Crippen molar-refractivity contribution in [2.45, 2.75) is 26.3 Å². The van der Waals surface area contributed by atoms with E-state index in [1.165, 1.54) is 12.1 Å². The van der Waals surface area contributed by atoms with E-state index in [2.05, 4.69) is 19.2 Å². The summed E-state index contributed by atoms with van der Waals surface area (Å²) in [7, 11) is 0. The van der Waals surface area contributed by atoms with Crippen molar-refractivity contribution in [3.05, 3.63) is 23.0 Å². The monoisotopic (exact) mass is 260 g/mol. The maximum atomic E-state index is 13.1. The van der Waals surface area contributed by atoms with Gasteiger partial charge in [-0.2, -0.15) is 0 Å². The van der Waals surface area contributed by atoms with E-state index in [9.17, 15) is 9.50 Å². The Morgan fingerprint density at radius 2 is 2.12 bits per heavy atom. The summed E-state index contributed by atoms with van der Waals surface area (Å²) in [6.45, 7) is 4.11. The van der Waals surface area contributed by atoms with Crippen LogP contribution in [0.2, 0.25) is 5.02 Å². The van der Waals surface area contributed by atoms with Crippen LogP contribution in [0.25, 0.3) is 0 Å². The number of nitrogen functional groups attached to an aromatic ring is 1. The van der Waals surface area contributed by atoms with Crippen LogP contribution in [-0.2, 0) is 0 Å². The molecule has 0 bridgehead atoms. The standard InChI is InChI=1S/C12H18ClFN2O/c1-7(2)3-8(6-17)16-12-4-9(13)10(14)5-11(12)15/h4-5,7-8,16-17H,3,6,15H2,1-2H3. The minimum absolute atomic E-state index is 0.00733. The fourth-order valence-electron chi connectivity index (χ4n) is 1.66. The van der Waals surface area contributed by atoms with Crippen molar-refractivity contribution in [1.82, 2.24) is 0 Å². The van der Waals surface area contributed by atoms with Crippen molar-refractivity contribution in [1.29, 1.82) is 0 Å². The van der Waals surface area contributed by atoms with E-state index >= 15 is 0 Å². The SMILES string of the molecule is CC(C)CC(CO)Nc1cc(Cl)c(F)cc1N. The van der Waals surface area contributed by atoms with Gasteiger partial charge in [-0.3, -0.25) is 0 Å². The molecular weight excluding hydrogens is 243 g/mol. The second-order valence-corrected chi connectivity index (χ2v) is 4.91. The smallest absolute Gasteiger partial charge is 0.143 e. The first-order chi connectivity index (χ1) is 7.93. The van der Waals surface area contributed by atoms with Crippen LogP contribution < -0.4 is 11.1 Å². The Bertz CT molecular complexity index is 385. The highest BCUT2D eigenvalue weighted by Gasteiger charge is 2.13. The molecule has 1 atom stereocenters. The molecule has 0 saturated heterocycles. The van der Waals surface area contributed by atoms with Crippen molar-refractivity contribution < 1.29 is 9.50 Å². The molecule has 0 aliphatic rings. The number of hydrogen-bond donors (Lipinski definition) is 3. The predicted octanol–water partition coefficient (Wildman–Crippen LogP) is 2.88. The van der Waals surface area contributed by atoms with E-state index in [4.69, 9.17) is 17.3 Å². The van der Waals surface area contributed by atoms with Gasteiger partial charge in [0, 0.05) is 12.1 Å². The molecule has 0 radical (unpaired) electrons. The minimum atomic E-state index is -0.542. The first-order valence-electron chi connectivity index (χ1n) is 5.56. The van der Waals surface area contributed by atoms with Crippen LogP contribution in [0.5, 0.6) is 0 Å². The van der Waals surface area contributed by atoms with Crippen LogP contribution in [0.3, 0.4) is 0 Å². The molecule has 0 heterocycles. The minimum Gasteiger partial charge on any atom is -0.397 e. The first-order valence-corrected chi connectivity index (χ1v) is 5.93. The van der Waals surface area contributed by atoms with Gasteiger partial charge in [-0.05, 0) is 18.4 Å². The van der Waals surface area contributed by atoms with E-state index in [-0.39, 0.29) is 23.4 Å². The number of aliphatic hydroxyl groups excluding tert-OH is 1. The zero-order valence-electron chi connectivity index (χ0n) is 10.0. The summed E-state index contributed by atoms with van der Waals surface area (Å²) in [6.07, 6.45) is 0.797. The van der Waals surface area contributed by atoms with Gasteiger partial charge < -0.3 is 16.2 Å². The number of nitrogens with two attached hydrogens (primary N) is 1. The van der Waals surface area contributed by atoms with Crippen molar-refractivity contribution >= 4 is 23.0 Å². The topological polar surface area (TPSA) is 58.3 Å². The van der Waals surface area contributed by atoms with Crippen LogP contribution in [0, 0.1) is 11.7 Å². The van der Waals surface area contributed by atoms with Gasteiger partial charge in [0.25, 0.3) is 0 Å². The molecule has 1 unspecified atom stereocenters. The van der Waals surface area contributed by atoms with E-state index in [0.717, 1.165) is 6.42 Å². The molecule has 0 aliphatic carbocycles. The molecule has 96 valence electrons. The van der Waals surface area contributed by atoms with Crippen LogP contribution in [-0.4, -0.2) is 17.8 Å². The van der Waals surface area contributed by atoms with Gasteiger partial charge in [-0.15, -0.1) is 0 Å². The molecular formula is C12H18ClFN2O. The molecule has 0 saturated carbocycles. The van der Waals surface area contributed by atoms with Gasteiger partial charge in [-0.1, -0.05) is 25.4 Å². The molecule has 17 heavy (non-hydrogen) atoms. The fourth-order valence-corrected chi connectivity index (χ4v) is 1.82. The average Bonchev–Trinajstić information content (AvgIpc) is 2.24. The van der Waals surface area contributed by atoms with Crippen molar-refractivity contribution in [2.24, 2.45) is 5.92 Å². The highest BCUT2D eigenvalue weighted by molar-refractivity contribution is 6.31. The summed E-state index contributed by atoms with van der Waals surface area (Å²) in [5, 5.41) is 12.3. The van der Waals surface area contributed by atoms with Crippen LogP contribution >= 0.6 is 11.6 Å². The molecule has 0 aliphatic heterocycles. The van der Waals surface area contributed by atoms with Crippen molar-refractivity contribution in [3.63, 3.8) is 0 Å². The molecule has 5 heteroatoms. The number of anilines is 2. The van der Waals surface area contributed by atoms with E-state index in [1.807, 2.05) is 0 Å². The Kier molecular flexibility index (Phi) is 5.02. The highest BCUT2D eigenvalue weighted by Crippen LogP contribution is 2.27. The molecule has 1 aromatic carbocycles. The first kappa shape index (κ1) is 14.1. The average molecular weight is 261 g/mol. The Balaban J connectivity index is 2.82. The second kappa shape index (κ2) is 6.07. The normalized spacial score (nSPS) is 12.8. The third-order valence-corrected chi connectivity index (χ3v) is 2.72. The number of hydrogen-bond acceptors (Lipinski definition) is 3. The van der Waals surface area contributed by atoms with Crippen LogP contribution in [0.15, 0.2) is 12.1 Å². The predicted molar refractivity (Wildman–Crippen MR) is 69.8 cm³/mol. The largest absolute Gasteiger partial charge is 0.397 e. The molecule has 0 aromatic heterocycles. The summed E-state index contributed by atoms with van der Waals surface area (Å²) in [6, 6.07) is 2.50. The van der Waals surface area contributed by atoms with E-state index < -0.39 is 5.82 Å². The number of benzene rings is 1. The maximum Gasteiger partial charge on any atom is 0.143 e. The van der Waals surface area contributed by atoms with Crippen molar-refractivity contribution in [2.75, 3.05) is 17.7 Å². The van der Waals surface area contributed by atoms with Crippen molar-refractivity contribution in [3.8, 4) is 0 Å². The quantitative estimate of drug-likeness (QED) is 0.714. The van der Waals surface area contributed by atoms with E-state index in [1.54, 1.807) is 0 Å². The third kappa shape index (κ3) is 4.06. The van der Waals surface area contributed by atoms with Gasteiger partial charge >= 0.3 is 0 Å². The molecule has 4 N–H and O–H groups in total. The summed E-state index contributed by atoms with van der Waals surface area (Å²) >= 11 is 5.69. The Morgan fingerprint density at radius 1 is 1.47 bits per heavy atom. The van der Waals surface area contributed by atoms with Gasteiger partial charge in [-0.25, -0.2) is 4.39 Å². The maximum absolute atomic E-state index is 13.1. The lowest BCUT2D eigenvalue weighted by molar-refractivity contribution is 0.259. The highest BCUT2D eigenvalue weighted by atomic mass is 35.5. The third-order valence-electron chi connectivity index (χ3n) is 2.43. The van der Waals surface area contributed by atoms with Gasteiger partial charge in [0.2, 0.25) is 0 Å². The summed E-state index contributed by atoms with van der Waals surface area (Å²) in [5.41, 5.74) is 6.52. The summed E-state index contributed by atoms with van der Waals surface area (Å²) in [4.78, 5) is 0. The Hall–Kier alpha value is -1.00. The number of rotatable bonds is 5. The number of halogens is 2. The van der Waals surface area contributed by atoms with Gasteiger partial charge in [0.1, 0.15) is 5.82 Å². The molecule has 0 amide bonds. The fraction of sp³-hybridized carbons (Fsp3) is 0.500. The van der Waals surface area contributed by atoms with Gasteiger partial charge in [0.15, 0.2) is 0 Å². The number of aliphatic hydroxyl groups is 1. The summed E-state index contributed by atoms with van der Waals surface area (Å²) in [5.74, 6) is -0.101. The Labute approximate surface area is 106 Å². The zero-order valence-corrected chi connectivity index (χ0v) is 10.8.